The molecule has 0 aliphatic carbocycles. The summed E-state index contributed by atoms with van der Waals surface area (Å²) in [7, 11) is 1.57. The second-order valence-electron chi connectivity index (χ2n) is 5.85. The van der Waals surface area contributed by atoms with Crippen LogP contribution in [-0.4, -0.2) is 23.8 Å². The van der Waals surface area contributed by atoms with E-state index in [1.165, 1.54) is 4.90 Å². The Kier molecular flexibility index (Phi) is 3.74. The van der Waals surface area contributed by atoms with Crippen molar-refractivity contribution in [1.82, 2.24) is 0 Å². The maximum absolute atomic E-state index is 12.5. The van der Waals surface area contributed by atoms with E-state index in [0.717, 1.165) is 5.56 Å². The van der Waals surface area contributed by atoms with Gasteiger partial charge in [-0.15, -0.1) is 0 Å². The van der Waals surface area contributed by atoms with Crippen LogP contribution in [0.4, 0.5) is 5.69 Å². The number of aryl methyl sites for hydroxylation is 1. The molecule has 3 rings (SSSR count). The Bertz CT molecular complexity index is 800. The van der Waals surface area contributed by atoms with Crippen molar-refractivity contribution in [2.24, 2.45) is 0 Å². The quantitative estimate of drug-likeness (QED) is 0.880. The lowest BCUT2D eigenvalue weighted by Crippen LogP contribution is -2.40. The summed E-state index contributed by atoms with van der Waals surface area (Å²) in [6.45, 7) is 1.93. The predicted octanol–water partition coefficient (Wildman–Crippen LogP) is 3.09. The first-order chi connectivity index (χ1) is 10.8. The molecule has 2 aromatic rings. The van der Waals surface area contributed by atoms with E-state index in [4.69, 9.17) is 11.6 Å². The zero-order chi connectivity index (χ0) is 16.8. The first kappa shape index (κ1) is 15.7. The fourth-order valence-electron chi connectivity index (χ4n) is 2.88. The lowest BCUT2D eigenvalue weighted by Gasteiger charge is -2.21. The van der Waals surface area contributed by atoms with E-state index < -0.39 is 11.5 Å². The number of fused-ring (bicyclic) bond motifs is 1. The minimum atomic E-state index is -1.88. The zero-order valence-electron chi connectivity index (χ0n) is 12.8. The monoisotopic (exact) mass is 329 g/mol. The number of aliphatic hydroxyl groups is 1. The Hall–Kier alpha value is -2.17. The lowest BCUT2D eigenvalue weighted by molar-refractivity contribution is -0.135. The SMILES string of the molecule is Cc1ccc(C(=O)C[C@@]2(O)C(=O)N(C)c3ccc(Cl)cc32)cc1. The van der Waals surface area contributed by atoms with E-state index in [-0.39, 0.29) is 12.2 Å². The molecule has 4 nitrogen and oxygen atoms in total. The molecule has 0 fully saturated rings. The molecule has 0 bridgehead atoms. The molecule has 1 amide bonds. The summed E-state index contributed by atoms with van der Waals surface area (Å²) in [5, 5.41) is 11.3. The maximum Gasteiger partial charge on any atom is 0.263 e. The van der Waals surface area contributed by atoms with Crippen LogP contribution in [0.25, 0.3) is 0 Å². The van der Waals surface area contributed by atoms with E-state index in [1.807, 2.05) is 19.1 Å². The number of hydrogen-bond donors (Lipinski definition) is 1. The molecule has 0 saturated heterocycles. The molecule has 0 aromatic heterocycles. The van der Waals surface area contributed by atoms with Gasteiger partial charge in [0.1, 0.15) is 0 Å². The normalized spacial score (nSPS) is 19.8. The van der Waals surface area contributed by atoms with Gasteiger partial charge in [-0.3, -0.25) is 9.59 Å². The third kappa shape index (κ3) is 2.54. The van der Waals surface area contributed by atoms with Crippen molar-refractivity contribution in [2.75, 3.05) is 11.9 Å². The molecule has 23 heavy (non-hydrogen) atoms. The van der Waals surface area contributed by atoms with Gasteiger partial charge >= 0.3 is 0 Å². The summed E-state index contributed by atoms with van der Waals surface area (Å²) >= 11 is 5.99. The largest absolute Gasteiger partial charge is 0.375 e. The third-order valence-electron chi connectivity index (χ3n) is 4.21. The molecule has 0 saturated carbocycles. The van der Waals surface area contributed by atoms with Crippen LogP contribution in [0.5, 0.6) is 0 Å². The molecule has 1 aliphatic rings. The highest BCUT2D eigenvalue weighted by Gasteiger charge is 2.49. The lowest BCUT2D eigenvalue weighted by atomic mass is 9.88. The number of benzene rings is 2. The standard InChI is InChI=1S/C18H16ClNO3/c1-11-3-5-12(6-4-11)16(21)10-18(23)14-9-13(19)7-8-15(14)20(2)17(18)22/h3-9,23H,10H2,1-2H3/t18-/m0/s1. The molecule has 118 valence electrons. The number of rotatable bonds is 3. The molecule has 1 heterocycles. The number of halogens is 1. The summed E-state index contributed by atoms with van der Waals surface area (Å²) in [4.78, 5) is 26.4. The van der Waals surface area contributed by atoms with Gasteiger partial charge in [0.05, 0.1) is 12.1 Å². The first-order valence-electron chi connectivity index (χ1n) is 7.23. The summed E-state index contributed by atoms with van der Waals surface area (Å²) in [6, 6.07) is 11.9. The first-order valence-corrected chi connectivity index (χ1v) is 7.61. The average molecular weight is 330 g/mol. The number of carbonyl (C=O) groups is 2. The molecule has 0 radical (unpaired) electrons. The van der Waals surface area contributed by atoms with E-state index in [9.17, 15) is 14.7 Å². The third-order valence-corrected chi connectivity index (χ3v) is 4.45. The minimum absolute atomic E-state index is 0.290. The molecule has 0 spiro atoms. The fraction of sp³-hybridized carbons (Fsp3) is 0.222. The van der Waals surface area contributed by atoms with E-state index in [1.54, 1.807) is 37.4 Å². The number of Topliss-reactive ketones (excluding diaryl/α,β-unsaturated/α-hetero) is 1. The van der Waals surface area contributed by atoms with Crippen LogP contribution in [0.2, 0.25) is 5.02 Å². The van der Waals surface area contributed by atoms with Crippen LogP contribution < -0.4 is 4.90 Å². The van der Waals surface area contributed by atoms with Crippen molar-refractivity contribution in [3.63, 3.8) is 0 Å². The van der Waals surface area contributed by atoms with Crippen molar-refractivity contribution in [3.8, 4) is 0 Å². The highest BCUT2D eigenvalue weighted by atomic mass is 35.5. The van der Waals surface area contributed by atoms with Gasteiger partial charge in [0.2, 0.25) is 0 Å². The van der Waals surface area contributed by atoms with Gasteiger partial charge in [0.25, 0.3) is 5.91 Å². The Morgan fingerprint density at radius 3 is 2.52 bits per heavy atom. The molecule has 5 heteroatoms. The highest BCUT2D eigenvalue weighted by Crippen LogP contribution is 2.43. The average Bonchev–Trinajstić information content (AvgIpc) is 2.70. The molecular weight excluding hydrogens is 314 g/mol. The number of carbonyl (C=O) groups excluding carboxylic acids is 2. The number of hydrogen-bond acceptors (Lipinski definition) is 3. The van der Waals surface area contributed by atoms with E-state index in [2.05, 4.69) is 0 Å². The van der Waals surface area contributed by atoms with Gasteiger partial charge in [0, 0.05) is 23.2 Å². The molecule has 2 aromatic carbocycles. The second kappa shape index (κ2) is 5.48. The summed E-state index contributed by atoms with van der Waals surface area (Å²) < 4.78 is 0. The van der Waals surface area contributed by atoms with Gasteiger partial charge in [-0.05, 0) is 25.1 Å². The summed E-state index contributed by atoms with van der Waals surface area (Å²) in [5.41, 5.74) is 0.567. The maximum atomic E-state index is 12.5. The van der Waals surface area contributed by atoms with Crippen LogP contribution in [-0.2, 0) is 10.4 Å². The second-order valence-corrected chi connectivity index (χ2v) is 6.29. The van der Waals surface area contributed by atoms with Crippen molar-refractivity contribution in [3.05, 3.63) is 64.2 Å². The van der Waals surface area contributed by atoms with E-state index in [0.29, 0.717) is 21.8 Å². The van der Waals surface area contributed by atoms with Crippen LogP contribution in [0.1, 0.15) is 27.9 Å². The molecular formula is C18H16ClNO3. The summed E-state index contributed by atoms with van der Waals surface area (Å²) in [5.74, 6) is -0.808. The van der Waals surface area contributed by atoms with Gasteiger partial charge < -0.3 is 10.0 Å². The highest BCUT2D eigenvalue weighted by molar-refractivity contribution is 6.31. The topological polar surface area (TPSA) is 57.6 Å². The molecule has 1 atom stereocenters. The number of likely N-dealkylation sites (N-methyl/N-ethyl adjacent to an activating group) is 1. The zero-order valence-corrected chi connectivity index (χ0v) is 13.6. The number of amides is 1. The minimum Gasteiger partial charge on any atom is -0.375 e. The molecule has 1 aliphatic heterocycles. The Labute approximate surface area is 139 Å². The number of ketones is 1. The van der Waals surface area contributed by atoms with Gasteiger partial charge in [-0.2, -0.15) is 0 Å². The van der Waals surface area contributed by atoms with Crippen LogP contribution in [0.3, 0.4) is 0 Å². The number of nitrogens with zero attached hydrogens (tertiary/aromatic N) is 1. The summed E-state index contributed by atoms with van der Waals surface area (Å²) in [6.07, 6.45) is -0.313. The van der Waals surface area contributed by atoms with E-state index >= 15 is 0 Å². The van der Waals surface area contributed by atoms with Gasteiger partial charge in [-0.1, -0.05) is 41.4 Å². The van der Waals surface area contributed by atoms with Gasteiger partial charge in [-0.25, -0.2) is 0 Å². The molecule has 0 unspecified atom stereocenters. The Balaban J connectivity index is 1.98. The van der Waals surface area contributed by atoms with Crippen molar-refractivity contribution < 1.29 is 14.7 Å². The molecule has 1 N–H and O–H groups in total. The van der Waals surface area contributed by atoms with Crippen LogP contribution >= 0.6 is 11.6 Å². The van der Waals surface area contributed by atoms with Crippen molar-refractivity contribution in [2.45, 2.75) is 18.9 Å². The van der Waals surface area contributed by atoms with Gasteiger partial charge in [0.15, 0.2) is 11.4 Å². The van der Waals surface area contributed by atoms with Crippen LogP contribution in [0.15, 0.2) is 42.5 Å². The predicted molar refractivity (Wildman–Crippen MR) is 88.9 cm³/mol. The van der Waals surface area contributed by atoms with Crippen molar-refractivity contribution in [1.29, 1.82) is 0 Å². The van der Waals surface area contributed by atoms with Crippen molar-refractivity contribution >= 4 is 29.0 Å². The number of anilines is 1. The fourth-order valence-corrected chi connectivity index (χ4v) is 3.05. The Morgan fingerprint density at radius 2 is 1.87 bits per heavy atom. The smallest absolute Gasteiger partial charge is 0.263 e. The van der Waals surface area contributed by atoms with Crippen LogP contribution in [0, 0.1) is 6.92 Å². The Morgan fingerprint density at radius 1 is 1.22 bits per heavy atom.